The van der Waals surface area contributed by atoms with Crippen LogP contribution in [0.1, 0.15) is 5.82 Å². The lowest BCUT2D eigenvalue weighted by Crippen LogP contribution is -2.10. The summed E-state index contributed by atoms with van der Waals surface area (Å²) in [5, 5.41) is 12.4. The smallest absolute Gasteiger partial charge is 0.279 e. The molecule has 2 aromatic rings. The average molecular weight is 211 g/mol. The third-order valence-electron chi connectivity index (χ3n) is 1.65. The fraction of sp³-hybridized carbons (Fsp3) is 0.429. The van der Waals surface area contributed by atoms with Crippen molar-refractivity contribution in [2.45, 2.75) is 6.42 Å². The summed E-state index contributed by atoms with van der Waals surface area (Å²) in [4.78, 5) is 4.18. The first-order valence-corrected chi connectivity index (χ1v) is 4.98. The molecule has 0 atom stereocenters. The predicted octanol–water partition coefficient (Wildman–Crippen LogP) is 0.350. The zero-order valence-electron chi connectivity index (χ0n) is 7.60. The van der Waals surface area contributed by atoms with E-state index in [4.69, 9.17) is 4.52 Å². The van der Waals surface area contributed by atoms with Gasteiger partial charge in [-0.05, 0) is 18.6 Å². The number of likely N-dealkylation sites (N-methyl/N-ethyl adjacent to an activating group) is 1. The first-order valence-electron chi connectivity index (χ1n) is 4.15. The zero-order valence-corrected chi connectivity index (χ0v) is 8.41. The Morgan fingerprint density at radius 2 is 2.50 bits per heavy atom. The Balaban J connectivity index is 2.10. The third-order valence-corrected chi connectivity index (χ3v) is 2.15. The molecule has 2 rings (SSSR count). The maximum absolute atomic E-state index is 5.02. The predicted molar refractivity (Wildman–Crippen MR) is 50.8 cm³/mol. The highest BCUT2D eigenvalue weighted by molar-refractivity contribution is 7.03. The highest BCUT2D eigenvalue weighted by atomic mass is 32.1. The number of aromatic nitrogens is 4. The van der Waals surface area contributed by atoms with Crippen LogP contribution < -0.4 is 5.32 Å². The molecule has 0 aliphatic rings. The van der Waals surface area contributed by atoms with Crippen LogP contribution in [0.3, 0.4) is 0 Å². The van der Waals surface area contributed by atoms with Crippen LogP contribution in [0.4, 0.5) is 0 Å². The number of hydrogen-bond acceptors (Lipinski definition) is 7. The lowest BCUT2D eigenvalue weighted by atomic mass is 10.4. The van der Waals surface area contributed by atoms with E-state index in [1.807, 2.05) is 7.05 Å². The van der Waals surface area contributed by atoms with E-state index in [-0.39, 0.29) is 0 Å². The molecule has 0 radical (unpaired) electrons. The van der Waals surface area contributed by atoms with Crippen LogP contribution in [-0.2, 0) is 6.42 Å². The molecule has 0 amide bonds. The largest absolute Gasteiger partial charge is 0.332 e. The van der Waals surface area contributed by atoms with Crippen LogP contribution in [0.5, 0.6) is 0 Å². The Labute approximate surface area is 84.5 Å². The summed E-state index contributed by atoms with van der Waals surface area (Å²) in [5.41, 5.74) is 0.637. The molecule has 1 N–H and O–H groups in total. The van der Waals surface area contributed by atoms with Crippen LogP contribution in [0.15, 0.2) is 9.90 Å². The molecule has 0 unspecified atom stereocenters. The second-order valence-electron chi connectivity index (χ2n) is 2.66. The minimum Gasteiger partial charge on any atom is -0.332 e. The SMILES string of the molecule is CNCCc1noc(-c2csnn2)n1. The summed E-state index contributed by atoms with van der Waals surface area (Å²) in [5.74, 6) is 1.12. The van der Waals surface area contributed by atoms with Crippen molar-refractivity contribution < 1.29 is 4.52 Å². The van der Waals surface area contributed by atoms with Gasteiger partial charge in [0, 0.05) is 18.3 Å². The molecule has 0 aromatic carbocycles. The summed E-state index contributed by atoms with van der Waals surface area (Å²) in [6, 6.07) is 0. The summed E-state index contributed by atoms with van der Waals surface area (Å²) in [6.07, 6.45) is 0.748. The molecule has 0 spiro atoms. The maximum atomic E-state index is 5.02. The molecule has 14 heavy (non-hydrogen) atoms. The van der Waals surface area contributed by atoms with E-state index in [1.54, 1.807) is 5.38 Å². The molecule has 7 heteroatoms. The summed E-state index contributed by atoms with van der Waals surface area (Å²) >= 11 is 1.26. The summed E-state index contributed by atoms with van der Waals surface area (Å²) in [6.45, 7) is 0.828. The standard InChI is InChI=1S/C7H9N5OS/c1-8-3-2-6-9-7(13-11-6)5-4-14-12-10-5/h4,8H,2-3H2,1H3. The van der Waals surface area contributed by atoms with Gasteiger partial charge in [0.05, 0.1) is 0 Å². The van der Waals surface area contributed by atoms with Crippen molar-refractivity contribution >= 4 is 11.5 Å². The van der Waals surface area contributed by atoms with E-state index in [0.29, 0.717) is 17.4 Å². The fourth-order valence-corrected chi connectivity index (χ4v) is 1.38. The van der Waals surface area contributed by atoms with Crippen molar-refractivity contribution in [3.63, 3.8) is 0 Å². The molecule has 0 aliphatic carbocycles. The number of hydrogen-bond donors (Lipinski definition) is 1. The van der Waals surface area contributed by atoms with E-state index < -0.39 is 0 Å². The van der Waals surface area contributed by atoms with Crippen molar-refractivity contribution in [2.75, 3.05) is 13.6 Å². The third kappa shape index (κ3) is 1.94. The number of nitrogens with zero attached hydrogens (tertiary/aromatic N) is 4. The first kappa shape index (κ1) is 9.22. The molecular weight excluding hydrogens is 202 g/mol. The van der Waals surface area contributed by atoms with Crippen LogP contribution in [0.2, 0.25) is 0 Å². The van der Waals surface area contributed by atoms with Gasteiger partial charge in [0.1, 0.15) is 0 Å². The van der Waals surface area contributed by atoms with Gasteiger partial charge in [0.2, 0.25) is 0 Å². The molecule has 6 nitrogen and oxygen atoms in total. The van der Waals surface area contributed by atoms with Crippen molar-refractivity contribution in [1.29, 1.82) is 0 Å². The van der Waals surface area contributed by atoms with E-state index in [2.05, 4.69) is 25.0 Å². The Bertz CT molecular complexity index is 384. The van der Waals surface area contributed by atoms with Gasteiger partial charge in [0.15, 0.2) is 11.5 Å². The van der Waals surface area contributed by atoms with Gasteiger partial charge in [0.25, 0.3) is 5.89 Å². The van der Waals surface area contributed by atoms with Gasteiger partial charge in [-0.15, -0.1) is 5.10 Å². The molecule has 2 aromatic heterocycles. The fourth-order valence-electron chi connectivity index (χ4n) is 0.954. The number of rotatable bonds is 4. The van der Waals surface area contributed by atoms with Crippen molar-refractivity contribution in [1.82, 2.24) is 25.0 Å². The Morgan fingerprint density at radius 1 is 1.57 bits per heavy atom. The Kier molecular flexibility index (Phi) is 2.80. The minimum absolute atomic E-state index is 0.435. The van der Waals surface area contributed by atoms with E-state index in [0.717, 1.165) is 13.0 Å². The van der Waals surface area contributed by atoms with Crippen LogP contribution in [0.25, 0.3) is 11.6 Å². The second kappa shape index (κ2) is 4.25. The molecule has 0 fully saturated rings. The number of nitrogens with one attached hydrogen (secondary N) is 1. The zero-order chi connectivity index (χ0) is 9.80. The van der Waals surface area contributed by atoms with Crippen molar-refractivity contribution in [3.05, 3.63) is 11.2 Å². The maximum Gasteiger partial charge on any atom is 0.279 e. The normalized spacial score (nSPS) is 10.6. The lowest BCUT2D eigenvalue weighted by molar-refractivity contribution is 0.421. The van der Waals surface area contributed by atoms with Crippen molar-refractivity contribution in [3.8, 4) is 11.6 Å². The van der Waals surface area contributed by atoms with Gasteiger partial charge in [-0.3, -0.25) is 0 Å². The molecule has 74 valence electrons. The van der Waals surface area contributed by atoms with E-state index in [1.165, 1.54) is 11.5 Å². The average Bonchev–Trinajstić information content (AvgIpc) is 2.85. The quantitative estimate of drug-likeness (QED) is 0.786. The van der Waals surface area contributed by atoms with Crippen LogP contribution in [-0.4, -0.2) is 33.3 Å². The van der Waals surface area contributed by atoms with Gasteiger partial charge in [-0.1, -0.05) is 9.64 Å². The summed E-state index contributed by atoms with van der Waals surface area (Å²) < 4.78 is 8.74. The second-order valence-corrected chi connectivity index (χ2v) is 3.27. The van der Waals surface area contributed by atoms with Crippen LogP contribution in [0, 0.1) is 0 Å². The first-order chi connectivity index (χ1) is 6.90. The summed E-state index contributed by atoms with van der Waals surface area (Å²) in [7, 11) is 1.88. The molecule has 0 aliphatic heterocycles. The van der Waals surface area contributed by atoms with Gasteiger partial charge < -0.3 is 9.84 Å². The molecular formula is C7H9N5OS. The lowest BCUT2D eigenvalue weighted by Gasteiger charge is -1.90. The molecule has 2 heterocycles. The topological polar surface area (TPSA) is 76.7 Å². The van der Waals surface area contributed by atoms with Gasteiger partial charge in [-0.2, -0.15) is 4.98 Å². The highest BCUT2D eigenvalue weighted by Crippen LogP contribution is 2.14. The highest BCUT2D eigenvalue weighted by Gasteiger charge is 2.10. The molecule has 0 saturated carbocycles. The Morgan fingerprint density at radius 3 is 3.21 bits per heavy atom. The Hall–Kier alpha value is -1.34. The molecule has 0 bridgehead atoms. The minimum atomic E-state index is 0.435. The van der Waals surface area contributed by atoms with Crippen molar-refractivity contribution in [2.24, 2.45) is 0 Å². The monoisotopic (exact) mass is 211 g/mol. The van der Waals surface area contributed by atoms with E-state index in [9.17, 15) is 0 Å². The van der Waals surface area contributed by atoms with E-state index >= 15 is 0 Å². The van der Waals surface area contributed by atoms with Gasteiger partial charge in [-0.25, -0.2) is 0 Å². The molecule has 0 saturated heterocycles. The van der Waals surface area contributed by atoms with Gasteiger partial charge >= 0.3 is 0 Å². The van der Waals surface area contributed by atoms with Crippen LogP contribution >= 0.6 is 11.5 Å².